The first-order valence-corrected chi connectivity index (χ1v) is 3.17. The molecule has 0 radical (unpaired) electrons. The fraction of sp³-hybridized carbons (Fsp3) is 0.143. The molecule has 0 saturated heterocycles. The average molecular weight is 152 g/mol. The standard InChI is InChI=1S/C7H9N3O/c1-10-4-2-3-6(5-9-11)7(10)8/h2-5,8,11H,1H3/p+1. The zero-order chi connectivity index (χ0) is 8.27. The number of hydrogen-bond donors (Lipinski definition) is 2. The smallest absolute Gasteiger partial charge is 0.281 e. The van der Waals surface area contributed by atoms with Crippen LogP contribution in [0.2, 0.25) is 0 Å². The van der Waals surface area contributed by atoms with E-state index in [1.807, 2.05) is 19.3 Å². The molecule has 0 aromatic carbocycles. The zero-order valence-corrected chi connectivity index (χ0v) is 6.23. The molecule has 0 bridgehead atoms. The van der Waals surface area contributed by atoms with Crippen LogP contribution >= 0.6 is 0 Å². The number of nitrogens with zero attached hydrogens (tertiary/aromatic N) is 2. The maximum atomic E-state index is 8.24. The molecule has 0 amide bonds. The Morgan fingerprint density at radius 1 is 1.73 bits per heavy atom. The second-order valence-electron chi connectivity index (χ2n) is 2.20. The van der Waals surface area contributed by atoms with E-state index in [4.69, 9.17) is 10.9 Å². The number of pyridine rings is 1. The molecule has 0 aliphatic carbocycles. The summed E-state index contributed by atoms with van der Waals surface area (Å²) in [5, 5.41) is 11.1. The number of nitrogens with two attached hydrogens (primary N) is 1. The molecule has 11 heavy (non-hydrogen) atoms. The third kappa shape index (κ3) is 1.46. The van der Waals surface area contributed by atoms with E-state index in [0.29, 0.717) is 11.4 Å². The lowest BCUT2D eigenvalue weighted by Crippen LogP contribution is -2.32. The number of oxime groups is 1. The molecule has 4 nitrogen and oxygen atoms in total. The largest absolute Gasteiger partial charge is 0.411 e. The van der Waals surface area contributed by atoms with Gasteiger partial charge in [-0.25, -0.2) is 4.57 Å². The lowest BCUT2D eigenvalue weighted by Gasteiger charge is -1.96. The Morgan fingerprint density at radius 3 is 3.09 bits per heavy atom. The molecule has 1 heterocycles. The molecule has 1 aromatic rings. The van der Waals surface area contributed by atoms with Gasteiger partial charge in [0.05, 0.1) is 25.0 Å². The van der Waals surface area contributed by atoms with E-state index in [1.165, 1.54) is 6.21 Å². The SMILES string of the molecule is C[n+]1cccc(C=NO)c1N. The molecular weight excluding hydrogens is 142 g/mol. The van der Waals surface area contributed by atoms with Gasteiger partial charge in [-0.2, -0.15) is 0 Å². The van der Waals surface area contributed by atoms with E-state index >= 15 is 0 Å². The lowest BCUT2D eigenvalue weighted by molar-refractivity contribution is -0.656. The maximum absolute atomic E-state index is 8.24. The number of hydrogen-bond acceptors (Lipinski definition) is 3. The highest BCUT2D eigenvalue weighted by molar-refractivity contribution is 5.83. The highest BCUT2D eigenvalue weighted by Crippen LogP contribution is 1.99. The summed E-state index contributed by atoms with van der Waals surface area (Å²) in [6.45, 7) is 0. The molecule has 1 aromatic heterocycles. The molecular formula is C7H10N3O+. The zero-order valence-electron chi connectivity index (χ0n) is 6.23. The Kier molecular flexibility index (Phi) is 2.06. The van der Waals surface area contributed by atoms with Crippen molar-refractivity contribution in [2.45, 2.75) is 0 Å². The van der Waals surface area contributed by atoms with Crippen LogP contribution in [0.3, 0.4) is 0 Å². The number of nitrogen functional groups attached to an aromatic ring is 1. The van der Waals surface area contributed by atoms with Crippen LogP contribution < -0.4 is 10.3 Å². The van der Waals surface area contributed by atoms with Gasteiger partial charge in [0.2, 0.25) is 0 Å². The second kappa shape index (κ2) is 3.01. The van der Waals surface area contributed by atoms with Crippen molar-refractivity contribution in [2.24, 2.45) is 12.2 Å². The summed E-state index contributed by atoms with van der Waals surface area (Å²) in [7, 11) is 1.82. The van der Waals surface area contributed by atoms with Crippen molar-refractivity contribution in [1.29, 1.82) is 0 Å². The summed E-state index contributed by atoms with van der Waals surface area (Å²) in [6, 6.07) is 3.60. The summed E-state index contributed by atoms with van der Waals surface area (Å²) < 4.78 is 1.75. The molecule has 0 atom stereocenters. The van der Waals surface area contributed by atoms with Crippen molar-refractivity contribution in [3.63, 3.8) is 0 Å². The Morgan fingerprint density at radius 2 is 2.45 bits per heavy atom. The predicted octanol–water partition coefficient (Wildman–Crippen LogP) is -0.0986. The van der Waals surface area contributed by atoms with Crippen LogP contribution in [-0.2, 0) is 7.05 Å². The normalized spacial score (nSPS) is 10.6. The van der Waals surface area contributed by atoms with Gasteiger partial charge >= 0.3 is 0 Å². The molecule has 1 rings (SSSR count). The fourth-order valence-electron chi connectivity index (χ4n) is 0.816. The van der Waals surface area contributed by atoms with E-state index in [-0.39, 0.29) is 0 Å². The maximum Gasteiger partial charge on any atom is 0.281 e. The summed E-state index contributed by atoms with van der Waals surface area (Å²) in [6.07, 6.45) is 3.12. The van der Waals surface area contributed by atoms with Gasteiger partial charge in [0.15, 0.2) is 0 Å². The Bertz CT molecular complexity index is 283. The Balaban J connectivity index is 3.16. The summed E-state index contributed by atoms with van der Waals surface area (Å²) in [5.74, 6) is 0.574. The van der Waals surface area contributed by atoms with Crippen LogP contribution in [0.1, 0.15) is 5.56 Å². The van der Waals surface area contributed by atoms with Gasteiger partial charge in [-0.3, -0.25) is 5.73 Å². The molecule has 0 aliphatic heterocycles. The van der Waals surface area contributed by atoms with Crippen LogP contribution in [0.15, 0.2) is 23.5 Å². The second-order valence-corrected chi connectivity index (χ2v) is 2.20. The van der Waals surface area contributed by atoms with Gasteiger partial charge in [-0.15, -0.1) is 0 Å². The van der Waals surface area contributed by atoms with Gasteiger partial charge in [-0.05, 0) is 12.1 Å². The van der Waals surface area contributed by atoms with Crippen molar-refractivity contribution in [3.05, 3.63) is 23.9 Å². The van der Waals surface area contributed by atoms with E-state index in [1.54, 1.807) is 10.6 Å². The number of aromatic nitrogens is 1. The minimum atomic E-state index is 0.574. The Hall–Kier alpha value is -1.58. The van der Waals surface area contributed by atoms with Gasteiger partial charge in [0, 0.05) is 0 Å². The van der Waals surface area contributed by atoms with Crippen molar-refractivity contribution >= 4 is 12.0 Å². The van der Waals surface area contributed by atoms with Crippen LogP contribution in [-0.4, -0.2) is 11.4 Å². The molecule has 58 valence electrons. The number of anilines is 1. The average Bonchev–Trinajstić information content (AvgIpc) is 1.99. The van der Waals surface area contributed by atoms with Gasteiger partial charge in [0.25, 0.3) is 5.82 Å². The van der Waals surface area contributed by atoms with Crippen LogP contribution in [0.5, 0.6) is 0 Å². The van der Waals surface area contributed by atoms with Crippen molar-refractivity contribution in [1.82, 2.24) is 0 Å². The molecule has 4 heteroatoms. The highest BCUT2D eigenvalue weighted by Gasteiger charge is 2.03. The highest BCUT2D eigenvalue weighted by atomic mass is 16.4. The minimum Gasteiger partial charge on any atom is -0.411 e. The van der Waals surface area contributed by atoms with Crippen molar-refractivity contribution in [3.8, 4) is 0 Å². The van der Waals surface area contributed by atoms with Crippen LogP contribution in [0.25, 0.3) is 0 Å². The first kappa shape index (κ1) is 7.53. The molecule has 0 unspecified atom stereocenters. The number of aryl methyl sites for hydroxylation is 1. The molecule has 0 saturated carbocycles. The van der Waals surface area contributed by atoms with E-state index in [9.17, 15) is 0 Å². The fourth-order valence-corrected chi connectivity index (χ4v) is 0.816. The van der Waals surface area contributed by atoms with Gasteiger partial charge in [-0.1, -0.05) is 5.16 Å². The van der Waals surface area contributed by atoms with E-state index in [2.05, 4.69) is 5.16 Å². The van der Waals surface area contributed by atoms with Gasteiger partial charge < -0.3 is 5.21 Å². The van der Waals surface area contributed by atoms with Crippen molar-refractivity contribution in [2.75, 3.05) is 5.73 Å². The minimum absolute atomic E-state index is 0.574. The quantitative estimate of drug-likeness (QED) is 0.255. The summed E-state index contributed by atoms with van der Waals surface area (Å²) in [4.78, 5) is 0. The predicted molar refractivity (Wildman–Crippen MR) is 41.4 cm³/mol. The first-order valence-electron chi connectivity index (χ1n) is 3.17. The van der Waals surface area contributed by atoms with Crippen LogP contribution in [0, 0.1) is 0 Å². The lowest BCUT2D eigenvalue weighted by atomic mass is 10.3. The van der Waals surface area contributed by atoms with Gasteiger partial charge in [0.1, 0.15) is 0 Å². The van der Waals surface area contributed by atoms with Crippen molar-refractivity contribution < 1.29 is 9.77 Å². The molecule has 0 spiro atoms. The number of rotatable bonds is 1. The molecule has 3 N–H and O–H groups in total. The third-order valence-corrected chi connectivity index (χ3v) is 1.46. The molecule has 0 fully saturated rings. The van der Waals surface area contributed by atoms with Crippen LogP contribution in [0.4, 0.5) is 5.82 Å². The topological polar surface area (TPSA) is 62.5 Å². The summed E-state index contributed by atoms with van der Waals surface area (Å²) >= 11 is 0. The van der Waals surface area contributed by atoms with E-state index in [0.717, 1.165) is 0 Å². The Labute approximate surface area is 64.6 Å². The summed E-state index contributed by atoms with van der Waals surface area (Å²) in [5.41, 5.74) is 6.34. The first-order chi connectivity index (χ1) is 5.25. The van der Waals surface area contributed by atoms with E-state index < -0.39 is 0 Å². The molecule has 0 aliphatic rings. The third-order valence-electron chi connectivity index (χ3n) is 1.46. The monoisotopic (exact) mass is 152 g/mol.